The third kappa shape index (κ3) is 5.07. The van der Waals surface area contributed by atoms with Gasteiger partial charge in [-0.2, -0.15) is 0 Å². The Morgan fingerprint density at radius 2 is 1.89 bits per heavy atom. The summed E-state index contributed by atoms with van der Waals surface area (Å²) in [5.41, 5.74) is -0.0687. The molecule has 2 heteroatoms. The van der Waals surface area contributed by atoms with Gasteiger partial charge in [0.1, 0.15) is 5.60 Å². The highest BCUT2D eigenvalue weighted by molar-refractivity contribution is 4.85. The van der Waals surface area contributed by atoms with Crippen molar-refractivity contribution in [2.75, 3.05) is 0 Å². The molecule has 0 aromatic rings. The van der Waals surface area contributed by atoms with Gasteiger partial charge in [0.2, 0.25) is 0 Å². The first-order valence-electron chi connectivity index (χ1n) is 8.42. The molecule has 1 aliphatic heterocycles. The maximum atomic E-state index is 5.81. The summed E-state index contributed by atoms with van der Waals surface area (Å²) in [6, 6.07) is 0. The Labute approximate surface area is 120 Å². The Balaban J connectivity index is 2.55. The molecule has 1 fully saturated rings. The van der Waals surface area contributed by atoms with Gasteiger partial charge < -0.3 is 0 Å². The van der Waals surface area contributed by atoms with Crippen molar-refractivity contribution in [1.29, 1.82) is 0 Å². The zero-order valence-electron chi connectivity index (χ0n) is 13.7. The molecule has 114 valence electrons. The van der Waals surface area contributed by atoms with Crippen molar-refractivity contribution in [3.63, 3.8) is 0 Å². The zero-order chi connectivity index (χ0) is 14.3. The van der Waals surface area contributed by atoms with Gasteiger partial charge >= 0.3 is 0 Å². The van der Waals surface area contributed by atoms with Gasteiger partial charge in [-0.15, -0.1) is 0 Å². The molecule has 0 N–H and O–H groups in total. The van der Waals surface area contributed by atoms with Gasteiger partial charge in [0.25, 0.3) is 0 Å². The predicted octanol–water partition coefficient (Wildman–Crippen LogP) is 5.51. The zero-order valence-corrected chi connectivity index (χ0v) is 13.7. The lowest BCUT2D eigenvalue weighted by Crippen LogP contribution is -2.44. The monoisotopic (exact) mass is 270 g/mol. The molecule has 1 rings (SSSR count). The minimum absolute atomic E-state index is 0.0687. The summed E-state index contributed by atoms with van der Waals surface area (Å²) in [6.45, 7) is 11.3. The minimum atomic E-state index is -0.0687. The van der Waals surface area contributed by atoms with Crippen molar-refractivity contribution in [3.05, 3.63) is 0 Å². The normalized spacial score (nSPS) is 33.3. The van der Waals surface area contributed by atoms with E-state index in [1.54, 1.807) is 0 Å². The molecule has 0 radical (unpaired) electrons. The predicted molar refractivity (Wildman–Crippen MR) is 81.0 cm³/mol. The molecule has 19 heavy (non-hydrogen) atoms. The fourth-order valence-corrected chi connectivity index (χ4v) is 3.46. The average Bonchev–Trinajstić information content (AvgIpc) is 2.43. The Hall–Kier alpha value is -0.0800. The van der Waals surface area contributed by atoms with Crippen molar-refractivity contribution in [3.8, 4) is 0 Å². The quantitative estimate of drug-likeness (QED) is 0.541. The SMILES string of the molecule is CCCCC(CC)CC1(C)CC(CC)C(CC)OO1. The van der Waals surface area contributed by atoms with Crippen LogP contribution in [0.5, 0.6) is 0 Å². The second-order valence-electron chi connectivity index (χ2n) is 6.57. The van der Waals surface area contributed by atoms with E-state index in [0.717, 1.165) is 25.2 Å². The van der Waals surface area contributed by atoms with Crippen LogP contribution >= 0.6 is 0 Å². The highest BCUT2D eigenvalue weighted by Crippen LogP contribution is 2.39. The average molecular weight is 270 g/mol. The molecule has 0 bridgehead atoms. The molecule has 0 amide bonds. The second-order valence-corrected chi connectivity index (χ2v) is 6.57. The second kappa shape index (κ2) is 8.26. The van der Waals surface area contributed by atoms with E-state index in [0.29, 0.717) is 12.0 Å². The van der Waals surface area contributed by atoms with Gasteiger partial charge in [0, 0.05) is 0 Å². The smallest absolute Gasteiger partial charge is 0.101 e. The van der Waals surface area contributed by atoms with Crippen molar-refractivity contribution in [1.82, 2.24) is 0 Å². The summed E-state index contributed by atoms with van der Waals surface area (Å²) in [6.07, 6.45) is 10.1. The third-order valence-electron chi connectivity index (χ3n) is 4.78. The van der Waals surface area contributed by atoms with Crippen molar-refractivity contribution >= 4 is 0 Å². The Morgan fingerprint density at radius 3 is 2.42 bits per heavy atom. The van der Waals surface area contributed by atoms with E-state index in [9.17, 15) is 0 Å². The molecule has 4 unspecified atom stereocenters. The Morgan fingerprint density at radius 1 is 1.16 bits per heavy atom. The van der Waals surface area contributed by atoms with E-state index in [-0.39, 0.29) is 5.60 Å². The lowest BCUT2D eigenvalue weighted by molar-refractivity contribution is -0.420. The van der Waals surface area contributed by atoms with Crippen LogP contribution in [0.2, 0.25) is 0 Å². The van der Waals surface area contributed by atoms with Gasteiger partial charge in [-0.3, -0.25) is 0 Å². The van der Waals surface area contributed by atoms with E-state index in [2.05, 4.69) is 34.6 Å². The number of unbranched alkanes of at least 4 members (excludes halogenated alkanes) is 1. The van der Waals surface area contributed by atoms with Crippen LogP contribution in [0.25, 0.3) is 0 Å². The number of hydrogen-bond donors (Lipinski definition) is 0. The fraction of sp³-hybridized carbons (Fsp3) is 1.00. The van der Waals surface area contributed by atoms with Crippen LogP contribution in [-0.2, 0) is 9.78 Å². The molecular weight excluding hydrogens is 236 g/mol. The van der Waals surface area contributed by atoms with Crippen molar-refractivity contribution in [2.45, 2.75) is 97.7 Å². The van der Waals surface area contributed by atoms with Crippen LogP contribution in [0.4, 0.5) is 0 Å². The van der Waals surface area contributed by atoms with Crippen LogP contribution in [0.15, 0.2) is 0 Å². The summed E-state index contributed by atoms with van der Waals surface area (Å²) in [7, 11) is 0. The summed E-state index contributed by atoms with van der Waals surface area (Å²) >= 11 is 0. The van der Waals surface area contributed by atoms with Gasteiger partial charge in [0.05, 0.1) is 6.10 Å². The lowest BCUT2D eigenvalue weighted by Gasteiger charge is -2.42. The molecule has 1 aliphatic rings. The molecular formula is C17H34O2. The molecule has 0 aliphatic carbocycles. The molecule has 2 nitrogen and oxygen atoms in total. The van der Waals surface area contributed by atoms with Gasteiger partial charge in [-0.1, -0.05) is 59.8 Å². The van der Waals surface area contributed by atoms with E-state index < -0.39 is 0 Å². The van der Waals surface area contributed by atoms with Crippen LogP contribution in [0.1, 0.15) is 86.0 Å². The summed E-state index contributed by atoms with van der Waals surface area (Å²) in [5, 5.41) is 0. The highest BCUT2D eigenvalue weighted by atomic mass is 17.2. The van der Waals surface area contributed by atoms with Gasteiger partial charge in [-0.25, -0.2) is 9.78 Å². The Bertz CT molecular complexity index is 241. The summed E-state index contributed by atoms with van der Waals surface area (Å²) in [4.78, 5) is 11.5. The maximum Gasteiger partial charge on any atom is 0.101 e. The highest BCUT2D eigenvalue weighted by Gasteiger charge is 2.40. The maximum absolute atomic E-state index is 5.81. The molecule has 0 aromatic heterocycles. The van der Waals surface area contributed by atoms with Crippen molar-refractivity contribution < 1.29 is 9.78 Å². The number of hydrogen-bond acceptors (Lipinski definition) is 2. The molecule has 1 saturated heterocycles. The van der Waals surface area contributed by atoms with Crippen LogP contribution in [-0.4, -0.2) is 11.7 Å². The Kier molecular flexibility index (Phi) is 7.38. The fourth-order valence-electron chi connectivity index (χ4n) is 3.46. The molecule has 1 heterocycles. The minimum Gasteiger partial charge on any atom is -0.233 e. The number of rotatable bonds is 8. The van der Waals surface area contributed by atoms with E-state index in [1.165, 1.54) is 32.1 Å². The largest absolute Gasteiger partial charge is 0.233 e. The topological polar surface area (TPSA) is 18.5 Å². The summed E-state index contributed by atoms with van der Waals surface area (Å²) < 4.78 is 0. The van der Waals surface area contributed by atoms with Crippen molar-refractivity contribution in [2.24, 2.45) is 11.8 Å². The van der Waals surface area contributed by atoms with Crippen LogP contribution < -0.4 is 0 Å². The van der Waals surface area contributed by atoms with Gasteiger partial charge in [-0.05, 0) is 38.0 Å². The molecule has 0 spiro atoms. The third-order valence-corrected chi connectivity index (χ3v) is 4.78. The first-order chi connectivity index (χ1) is 9.08. The molecule has 4 atom stereocenters. The van der Waals surface area contributed by atoms with E-state index >= 15 is 0 Å². The first-order valence-corrected chi connectivity index (χ1v) is 8.42. The van der Waals surface area contributed by atoms with Crippen LogP contribution in [0, 0.1) is 11.8 Å². The lowest BCUT2D eigenvalue weighted by atomic mass is 9.78. The standard InChI is InChI=1S/C17H34O2/c1-6-10-11-14(7-2)12-17(5)13-15(8-3)16(9-4)18-19-17/h14-16H,6-13H2,1-5H3. The molecule has 0 aromatic carbocycles. The first kappa shape index (κ1) is 17.0. The molecule has 0 saturated carbocycles. The van der Waals surface area contributed by atoms with Crippen LogP contribution in [0.3, 0.4) is 0 Å². The van der Waals surface area contributed by atoms with E-state index in [4.69, 9.17) is 9.78 Å². The van der Waals surface area contributed by atoms with E-state index in [1.807, 2.05) is 0 Å². The summed E-state index contributed by atoms with van der Waals surface area (Å²) in [5.74, 6) is 1.44. The van der Waals surface area contributed by atoms with Gasteiger partial charge in [0.15, 0.2) is 0 Å².